The molecule has 4 nitrogen and oxygen atoms in total. The van der Waals surface area contributed by atoms with Gasteiger partial charge < -0.3 is 9.84 Å². The molecule has 1 atom stereocenters. The van der Waals surface area contributed by atoms with E-state index >= 15 is 0 Å². The van der Waals surface area contributed by atoms with Crippen LogP contribution in [0.15, 0.2) is 12.7 Å². The van der Waals surface area contributed by atoms with E-state index in [1.165, 1.54) is 6.92 Å². The van der Waals surface area contributed by atoms with E-state index in [1.807, 2.05) is 0 Å². The number of hydrogen-bond acceptors (Lipinski definition) is 3. The zero-order valence-electron chi connectivity index (χ0n) is 5.53. The minimum Gasteiger partial charge on any atom is -0.479 e. The second kappa shape index (κ2) is 5.96. The average molecular weight is 174 g/mol. The van der Waals surface area contributed by atoms with Crippen LogP contribution in [-0.2, 0) is 14.3 Å². The third-order valence-corrected chi connectivity index (χ3v) is 0.807. The molecule has 0 radical (unpaired) electrons. The molecule has 0 saturated carbocycles. The van der Waals surface area contributed by atoms with Crippen LogP contribution in [0, 0.1) is 0 Å². The van der Waals surface area contributed by atoms with Gasteiger partial charge in [-0.2, -0.15) is 0 Å². The summed E-state index contributed by atoms with van der Waals surface area (Å²) in [4.78, 5) is 20.4. The topological polar surface area (TPSA) is 63.6 Å². The summed E-state index contributed by atoms with van der Waals surface area (Å²) >= 11 is 0. The lowest BCUT2D eigenvalue weighted by Crippen LogP contribution is -2.22. The molecule has 0 aliphatic rings. The van der Waals surface area contributed by atoms with E-state index in [0.717, 1.165) is 6.08 Å². The molecule has 0 heterocycles. The molecule has 11 heavy (non-hydrogen) atoms. The van der Waals surface area contributed by atoms with E-state index in [4.69, 9.17) is 5.11 Å². The molecule has 0 aliphatic heterocycles. The van der Waals surface area contributed by atoms with Gasteiger partial charge in [-0.25, -0.2) is 9.59 Å². The van der Waals surface area contributed by atoms with E-state index in [9.17, 15) is 9.59 Å². The zero-order chi connectivity index (χ0) is 8.15. The first-order chi connectivity index (χ1) is 4.57. The normalized spacial score (nSPS) is 10.6. The summed E-state index contributed by atoms with van der Waals surface area (Å²) in [7, 11) is 0. The molecular weight excluding hydrogens is 163 g/mol. The summed E-state index contributed by atoms with van der Waals surface area (Å²) < 4.78 is 4.30. The fourth-order valence-electron chi connectivity index (χ4n) is 0.273. The minimum atomic E-state index is -1.17. The maximum absolute atomic E-state index is 10.3. The number of rotatable bonds is 3. The van der Waals surface area contributed by atoms with Crippen LogP contribution in [0.3, 0.4) is 0 Å². The van der Waals surface area contributed by atoms with Gasteiger partial charge in [-0.3, -0.25) is 0 Å². The Morgan fingerprint density at radius 1 is 1.64 bits per heavy atom. The number of carbonyl (C=O) groups is 2. The largest absolute Gasteiger partial charge is 0.479 e. The molecular formula is C6H11AlO4. The Labute approximate surface area is 75.0 Å². The summed E-state index contributed by atoms with van der Waals surface area (Å²) in [5.41, 5.74) is 0. The molecule has 1 unspecified atom stereocenters. The second-order valence-corrected chi connectivity index (χ2v) is 1.62. The van der Waals surface area contributed by atoms with Crippen LogP contribution in [0.25, 0.3) is 0 Å². The molecule has 0 rings (SSSR count). The predicted octanol–water partition coefficient (Wildman–Crippen LogP) is -0.995. The van der Waals surface area contributed by atoms with Gasteiger partial charge in [-0.05, 0) is 6.92 Å². The minimum absolute atomic E-state index is 0. The fraction of sp³-hybridized carbons (Fsp3) is 0.333. The summed E-state index contributed by atoms with van der Waals surface area (Å²) in [6.07, 6.45) is -0.190. The molecule has 0 fully saturated rings. The Kier molecular flexibility index (Phi) is 6.96. The summed E-state index contributed by atoms with van der Waals surface area (Å²) in [6.45, 7) is 4.37. The maximum Gasteiger partial charge on any atom is 0.344 e. The zero-order valence-corrected chi connectivity index (χ0v) is 5.53. The van der Waals surface area contributed by atoms with Crippen molar-refractivity contribution in [2.75, 3.05) is 0 Å². The van der Waals surface area contributed by atoms with E-state index in [0.29, 0.717) is 0 Å². The molecule has 0 spiro atoms. The number of hydrogen-bond donors (Lipinski definition) is 1. The Balaban J connectivity index is 0. The number of carboxylic acid groups (broad SMARTS) is 1. The smallest absolute Gasteiger partial charge is 0.344 e. The first kappa shape index (κ1) is 12.9. The highest BCUT2D eigenvalue weighted by Crippen LogP contribution is 1.90. The van der Waals surface area contributed by atoms with Gasteiger partial charge in [-0.1, -0.05) is 6.58 Å². The predicted molar refractivity (Wildman–Crippen MR) is 43.3 cm³/mol. The van der Waals surface area contributed by atoms with Gasteiger partial charge in [-0.15, -0.1) is 0 Å². The van der Waals surface area contributed by atoms with Crippen LogP contribution in [0.5, 0.6) is 0 Å². The highest BCUT2D eigenvalue weighted by Gasteiger charge is 2.13. The van der Waals surface area contributed by atoms with Crippen LogP contribution in [0.4, 0.5) is 0 Å². The van der Waals surface area contributed by atoms with Gasteiger partial charge in [0.1, 0.15) is 0 Å². The van der Waals surface area contributed by atoms with Crippen molar-refractivity contribution in [3.63, 3.8) is 0 Å². The summed E-state index contributed by atoms with van der Waals surface area (Å²) in [5, 5.41) is 8.21. The Morgan fingerprint density at radius 2 is 2.09 bits per heavy atom. The first-order valence-corrected chi connectivity index (χ1v) is 2.63. The van der Waals surface area contributed by atoms with Crippen LogP contribution in [-0.4, -0.2) is 40.5 Å². The quantitative estimate of drug-likeness (QED) is 0.339. The molecule has 0 aromatic carbocycles. The number of ether oxygens (including phenoxy) is 1. The van der Waals surface area contributed by atoms with Gasteiger partial charge in [0.05, 0.1) is 0 Å². The highest BCUT2D eigenvalue weighted by molar-refractivity contribution is 5.84. The number of carbonyl (C=O) groups excluding carboxylic acids is 1. The molecule has 0 aromatic heterocycles. The Bertz CT molecular complexity index is 166. The van der Waals surface area contributed by atoms with Crippen LogP contribution in [0.1, 0.15) is 6.92 Å². The van der Waals surface area contributed by atoms with Gasteiger partial charge in [0, 0.05) is 6.08 Å². The lowest BCUT2D eigenvalue weighted by molar-refractivity contribution is -0.159. The second-order valence-electron chi connectivity index (χ2n) is 1.62. The van der Waals surface area contributed by atoms with Gasteiger partial charge in [0.25, 0.3) is 0 Å². The molecule has 5 heteroatoms. The molecule has 0 aromatic rings. The average Bonchev–Trinajstić information content (AvgIpc) is 1.87. The molecule has 0 saturated heterocycles. The SMILES string of the molecule is C=CC(=O)OC(C)C(=O)O.[AlH3]. The van der Waals surface area contributed by atoms with Crippen LogP contribution >= 0.6 is 0 Å². The molecule has 62 valence electrons. The van der Waals surface area contributed by atoms with E-state index < -0.39 is 18.0 Å². The van der Waals surface area contributed by atoms with Crippen molar-refractivity contribution in [3.05, 3.63) is 12.7 Å². The highest BCUT2D eigenvalue weighted by atomic mass is 27.0. The van der Waals surface area contributed by atoms with E-state index in [-0.39, 0.29) is 17.4 Å². The van der Waals surface area contributed by atoms with Crippen molar-refractivity contribution in [1.82, 2.24) is 0 Å². The van der Waals surface area contributed by atoms with Crippen molar-refractivity contribution < 1.29 is 19.4 Å². The monoisotopic (exact) mass is 174 g/mol. The summed E-state index contributed by atoms with van der Waals surface area (Å²) in [5.74, 6) is -1.90. The van der Waals surface area contributed by atoms with Crippen LogP contribution in [0.2, 0.25) is 0 Å². The fourth-order valence-corrected chi connectivity index (χ4v) is 0.273. The van der Waals surface area contributed by atoms with E-state index in [2.05, 4.69) is 11.3 Å². The van der Waals surface area contributed by atoms with Crippen molar-refractivity contribution in [2.45, 2.75) is 13.0 Å². The Hall–Kier alpha value is -0.788. The lowest BCUT2D eigenvalue weighted by atomic mass is 10.4. The van der Waals surface area contributed by atoms with Crippen molar-refractivity contribution in [2.24, 2.45) is 0 Å². The maximum atomic E-state index is 10.3. The van der Waals surface area contributed by atoms with Gasteiger partial charge in [0.15, 0.2) is 23.5 Å². The molecule has 0 aliphatic carbocycles. The molecule has 1 N–H and O–H groups in total. The third kappa shape index (κ3) is 5.65. The van der Waals surface area contributed by atoms with Crippen molar-refractivity contribution in [3.8, 4) is 0 Å². The Morgan fingerprint density at radius 3 is 2.36 bits per heavy atom. The van der Waals surface area contributed by atoms with Crippen molar-refractivity contribution in [1.29, 1.82) is 0 Å². The summed E-state index contributed by atoms with van der Waals surface area (Å²) in [6, 6.07) is 0. The molecule has 0 bridgehead atoms. The lowest BCUT2D eigenvalue weighted by Gasteiger charge is -2.04. The van der Waals surface area contributed by atoms with Gasteiger partial charge in [0.2, 0.25) is 0 Å². The standard InChI is InChI=1S/C6H8O4.Al.3H/c1-3-5(7)10-4(2)6(8)9;;;;/h3-4H,1H2,2H3,(H,8,9);;;;. The number of carboxylic acids is 1. The van der Waals surface area contributed by atoms with Crippen molar-refractivity contribution >= 4 is 29.3 Å². The molecule has 0 amide bonds. The van der Waals surface area contributed by atoms with Gasteiger partial charge >= 0.3 is 11.9 Å². The third-order valence-electron chi connectivity index (χ3n) is 0.807. The number of esters is 1. The number of aliphatic carboxylic acids is 1. The van der Waals surface area contributed by atoms with E-state index in [1.54, 1.807) is 0 Å². The first-order valence-electron chi connectivity index (χ1n) is 2.63. The van der Waals surface area contributed by atoms with Crippen LogP contribution < -0.4 is 0 Å².